The Morgan fingerprint density at radius 3 is 2.50 bits per heavy atom. The third-order valence-electron chi connectivity index (χ3n) is 1.78. The van der Waals surface area contributed by atoms with Gasteiger partial charge in [0.1, 0.15) is 0 Å². The number of carbonyl (C=O) groups is 1. The predicted octanol–water partition coefficient (Wildman–Crippen LogP) is 3.39. The fourth-order valence-electron chi connectivity index (χ4n) is 1.23. The lowest BCUT2D eigenvalue weighted by Gasteiger charge is -2.08. The number of alkyl halides is 2. The zero-order valence-electron chi connectivity index (χ0n) is 7.22. The fourth-order valence-corrected chi connectivity index (χ4v) is 1.82. The quantitative estimate of drug-likeness (QED) is 0.889. The smallest absolute Gasteiger partial charge is 0.336 e. The van der Waals surface area contributed by atoms with E-state index < -0.39 is 18.0 Å². The van der Waals surface area contributed by atoms with Crippen molar-refractivity contribution in [2.24, 2.45) is 0 Å². The van der Waals surface area contributed by atoms with Crippen LogP contribution in [0.4, 0.5) is 8.78 Å². The first-order chi connectivity index (χ1) is 6.43. The highest BCUT2D eigenvalue weighted by Gasteiger charge is 2.20. The lowest BCUT2D eigenvalue weighted by molar-refractivity contribution is 0.0683. The van der Waals surface area contributed by atoms with Crippen LogP contribution in [0.15, 0.2) is 16.6 Å². The summed E-state index contributed by atoms with van der Waals surface area (Å²) in [6.07, 6.45) is -2.78. The highest BCUT2D eigenvalue weighted by Crippen LogP contribution is 2.28. The molecule has 0 radical (unpaired) electrons. The number of rotatable bonds is 2. The van der Waals surface area contributed by atoms with Crippen LogP contribution < -0.4 is 0 Å². The van der Waals surface area contributed by atoms with Gasteiger partial charge in [-0.2, -0.15) is 0 Å². The Morgan fingerprint density at radius 2 is 2.07 bits per heavy atom. The topological polar surface area (TPSA) is 37.3 Å². The lowest BCUT2D eigenvalue weighted by Crippen LogP contribution is -2.05. The second kappa shape index (κ2) is 4.04. The summed E-state index contributed by atoms with van der Waals surface area (Å²) in [4.78, 5) is 10.7. The number of hydrogen-bond donors (Lipinski definition) is 1. The van der Waals surface area contributed by atoms with E-state index in [1.165, 1.54) is 13.0 Å². The highest BCUT2D eigenvalue weighted by atomic mass is 79.9. The van der Waals surface area contributed by atoms with Crippen LogP contribution >= 0.6 is 15.9 Å². The number of hydrogen-bond acceptors (Lipinski definition) is 1. The van der Waals surface area contributed by atoms with Gasteiger partial charge in [0, 0.05) is 10.0 Å². The average Bonchev–Trinajstić information content (AvgIpc) is 2.01. The number of carboxylic acids is 1. The Labute approximate surface area is 87.7 Å². The molecule has 0 fully saturated rings. The van der Waals surface area contributed by atoms with E-state index in [1.54, 1.807) is 0 Å². The molecular formula is C9H7BrF2O2. The second-order valence-corrected chi connectivity index (χ2v) is 3.71. The molecule has 0 unspecified atom stereocenters. The van der Waals surface area contributed by atoms with Crippen molar-refractivity contribution in [3.8, 4) is 0 Å². The summed E-state index contributed by atoms with van der Waals surface area (Å²) < 4.78 is 25.4. The molecule has 0 heterocycles. The molecule has 0 saturated heterocycles. The molecule has 1 aromatic carbocycles. The van der Waals surface area contributed by atoms with Crippen LogP contribution in [0, 0.1) is 6.92 Å². The largest absolute Gasteiger partial charge is 0.478 e. The van der Waals surface area contributed by atoms with E-state index in [9.17, 15) is 13.6 Å². The maximum atomic E-state index is 12.5. The zero-order chi connectivity index (χ0) is 10.9. The summed E-state index contributed by atoms with van der Waals surface area (Å²) in [5.41, 5.74) is -0.449. The van der Waals surface area contributed by atoms with E-state index in [4.69, 9.17) is 5.11 Å². The third kappa shape index (κ3) is 2.09. The number of halogens is 3. The van der Waals surface area contributed by atoms with Gasteiger partial charge in [-0.3, -0.25) is 0 Å². The van der Waals surface area contributed by atoms with Gasteiger partial charge in [0.2, 0.25) is 0 Å². The third-order valence-corrected chi connectivity index (χ3v) is 2.24. The van der Waals surface area contributed by atoms with Crippen molar-refractivity contribution in [1.29, 1.82) is 0 Å². The van der Waals surface area contributed by atoms with Crippen molar-refractivity contribution >= 4 is 21.9 Å². The normalized spacial score (nSPS) is 10.6. The molecular weight excluding hydrogens is 258 g/mol. The monoisotopic (exact) mass is 264 g/mol. The molecule has 0 aliphatic heterocycles. The van der Waals surface area contributed by atoms with Crippen LogP contribution in [0.25, 0.3) is 0 Å². The molecule has 0 aliphatic rings. The number of aryl methyl sites for hydroxylation is 1. The van der Waals surface area contributed by atoms with Crippen molar-refractivity contribution < 1.29 is 18.7 Å². The van der Waals surface area contributed by atoms with Crippen LogP contribution in [0.2, 0.25) is 0 Å². The molecule has 0 amide bonds. The lowest BCUT2D eigenvalue weighted by atomic mass is 10.0. The Balaban J connectivity index is 3.44. The molecule has 76 valence electrons. The Bertz CT molecular complexity index is 377. The molecule has 0 bridgehead atoms. The Kier molecular flexibility index (Phi) is 3.21. The van der Waals surface area contributed by atoms with Gasteiger partial charge in [-0.05, 0) is 24.6 Å². The molecule has 1 N–H and O–H groups in total. The summed E-state index contributed by atoms with van der Waals surface area (Å²) in [6.45, 7) is 1.49. The van der Waals surface area contributed by atoms with Crippen LogP contribution in [0.5, 0.6) is 0 Å². The summed E-state index contributed by atoms with van der Waals surface area (Å²) in [5.74, 6) is -1.33. The first-order valence-corrected chi connectivity index (χ1v) is 4.54. The van der Waals surface area contributed by atoms with Gasteiger partial charge in [0.25, 0.3) is 6.43 Å². The van der Waals surface area contributed by atoms with E-state index in [1.807, 2.05) is 0 Å². The minimum Gasteiger partial charge on any atom is -0.478 e. The number of benzene rings is 1. The molecule has 0 atom stereocenters. The van der Waals surface area contributed by atoms with Gasteiger partial charge in [-0.15, -0.1) is 0 Å². The molecule has 0 aromatic heterocycles. The van der Waals surface area contributed by atoms with Gasteiger partial charge in [0.15, 0.2) is 0 Å². The van der Waals surface area contributed by atoms with Gasteiger partial charge >= 0.3 is 5.97 Å². The van der Waals surface area contributed by atoms with Gasteiger partial charge in [0.05, 0.1) is 5.56 Å². The zero-order valence-corrected chi connectivity index (χ0v) is 8.81. The van der Waals surface area contributed by atoms with Gasteiger partial charge < -0.3 is 5.11 Å². The predicted molar refractivity (Wildman–Crippen MR) is 50.8 cm³/mol. The van der Waals surface area contributed by atoms with Crippen LogP contribution in [0.1, 0.15) is 27.9 Å². The summed E-state index contributed by atoms with van der Waals surface area (Å²) in [5, 5.41) is 8.74. The number of aromatic carboxylic acids is 1. The van der Waals surface area contributed by atoms with Crippen molar-refractivity contribution in [3.63, 3.8) is 0 Å². The molecule has 0 spiro atoms. The minimum absolute atomic E-state index is 0.316. The first kappa shape index (κ1) is 11.1. The van der Waals surface area contributed by atoms with Crippen LogP contribution in [-0.4, -0.2) is 11.1 Å². The summed E-state index contributed by atoms with van der Waals surface area (Å²) in [7, 11) is 0. The van der Waals surface area contributed by atoms with Crippen LogP contribution in [0.3, 0.4) is 0 Å². The van der Waals surface area contributed by atoms with Crippen molar-refractivity contribution in [2.45, 2.75) is 13.3 Å². The highest BCUT2D eigenvalue weighted by molar-refractivity contribution is 9.10. The molecule has 0 saturated carbocycles. The number of carboxylic acid groups (broad SMARTS) is 1. The molecule has 1 aromatic rings. The van der Waals surface area contributed by atoms with Crippen LogP contribution in [-0.2, 0) is 0 Å². The van der Waals surface area contributed by atoms with Crippen molar-refractivity contribution in [1.82, 2.24) is 0 Å². The minimum atomic E-state index is -2.78. The molecule has 14 heavy (non-hydrogen) atoms. The Morgan fingerprint density at radius 1 is 1.50 bits per heavy atom. The van der Waals surface area contributed by atoms with Gasteiger partial charge in [-0.25, -0.2) is 13.6 Å². The maximum Gasteiger partial charge on any atom is 0.336 e. The standard InChI is InChI=1S/C9H7BrF2O2/c1-4-2-5(10)3-6(8(11)12)7(4)9(13)14/h2-3,8H,1H3,(H,13,14). The van der Waals surface area contributed by atoms with Crippen molar-refractivity contribution in [2.75, 3.05) is 0 Å². The summed E-state index contributed by atoms with van der Waals surface area (Å²) in [6, 6.07) is 2.62. The first-order valence-electron chi connectivity index (χ1n) is 3.75. The average molecular weight is 265 g/mol. The van der Waals surface area contributed by atoms with Gasteiger partial charge in [-0.1, -0.05) is 15.9 Å². The molecule has 1 rings (SSSR count). The molecule has 2 nitrogen and oxygen atoms in total. The van der Waals surface area contributed by atoms with E-state index in [0.717, 1.165) is 6.07 Å². The van der Waals surface area contributed by atoms with E-state index in [0.29, 0.717) is 10.0 Å². The molecule has 5 heteroatoms. The van der Waals surface area contributed by atoms with Crippen molar-refractivity contribution in [3.05, 3.63) is 33.3 Å². The maximum absolute atomic E-state index is 12.5. The second-order valence-electron chi connectivity index (χ2n) is 2.79. The SMILES string of the molecule is Cc1cc(Br)cc(C(F)F)c1C(=O)O. The molecule has 0 aliphatic carbocycles. The van der Waals surface area contributed by atoms with E-state index in [2.05, 4.69) is 15.9 Å². The Hall–Kier alpha value is -0.970. The summed E-state index contributed by atoms with van der Waals surface area (Å²) >= 11 is 3.04. The van der Waals surface area contributed by atoms with E-state index in [-0.39, 0.29) is 5.56 Å². The van der Waals surface area contributed by atoms with E-state index >= 15 is 0 Å². The fraction of sp³-hybridized carbons (Fsp3) is 0.222.